The molecule has 0 bridgehead atoms. The number of benzene rings is 1. The fourth-order valence-corrected chi connectivity index (χ4v) is 4.37. The molecule has 1 aromatic carbocycles. The fourth-order valence-electron chi connectivity index (χ4n) is 2.73. The van der Waals surface area contributed by atoms with E-state index in [0.717, 1.165) is 24.9 Å². The molecule has 0 amide bonds. The second-order valence-electron chi connectivity index (χ2n) is 5.19. The first-order valence-electron chi connectivity index (χ1n) is 6.70. The first-order chi connectivity index (χ1) is 9.95. The third-order valence-electron chi connectivity index (χ3n) is 3.71. The average Bonchev–Trinajstić information content (AvgIpc) is 2.86. The zero-order valence-corrected chi connectivity index (χ0v) is 13.0. The molecular formula is C14H17N3O2S2. The number of primary sulfonamides is 1. The van der Waals surface area contributed by atoms with Crippen molar-refractivity contribution < 1.29 is 8.42 Å². The van der Waals surface area contributed by atoms with Gasteiger partial charge in [0.05, 0.1) is 11.7 Å². The van der Waals surface area contributed by atoms with Crippen molar-refractivity contribution in [1.29, 1.82) is 0 Å². The molecule has 1 aliphatic rings. The lowest BCUT2D eigenvalue weighted by Gasteiger charge is -2.25. The lowest BCUT2D eigenvalue weighted by atomic mass is 9.94. The van der Waals surface area contributed by atoms with Crippen molar-refractivity contribution in [2.24, 2.45) is 5.14 Å². The first kappa shape index (κ1) is 14.4. The van der Waals surface area contributed by atoms with E-state index in [1.54, 1.807) is 23.5 Å². The van der Waals surface area contributed by atoms with Gasteiger partial charge in [0.25, 0.3) is 0 Å². The zero-order valence-electron chi connectivity index (χ0n) is 11.4. The summed E-state index contributed by atoms with van der Waals surface area (Å²) in [6.07, 6.45) is 3.34. The molecule has 0 radical (unpaired) electrons. The quantitative estimate of drug-likeness (QED) is 0.756. The molecule has 0 spiro atoms. The minimum atomic E-state index is -3.77. The van der Waals surface area contributed by atoms with Crippen LogP contribution in [0.25, 0.3) is 0 Å². The summed E-state index contributed by atoms with van der Waals surface area (Å²) >= 11 is 1.79. The van der Waals surface area contributed by atoms with Gasteiger partial charge in [-0.25, -0.2) is 13.6 Å². The van der Waals surface area contributed by atoms with Crippen LogP contribution in [0, 0.1) is 0 Å². The number of anilines is 2. The van der Waals surface area contributed by atoms with Gasteiger partial charge >= 0.3 is 0 Å². The Labute approximate surface area is 128 Å². The second-order valence-corrected chi connectivity index (χ2v) is 7.72. The Kier molecular flexibility index (Phi) is 3.64. The third kappa shape index (κ3) is 2.90. The molecule has 2 aromatic rings. The van der Waals surface area contributed by atoms with Gasteiger partial charge < -0.3 is 11.1 Å². The fraction of sp³-hybridized carbons (Fsp3) is 0.286. The number of nitrogen functional groups attached to an aromatic ring is 1. The number of sulfonamides is 1. The number of rotatable bonds is 3. The van der Waals surface area contributed by atoms with E-state index in [1.807, 2.05) is 0 Å². The van der Waals surface area contributed by atoms with Crippen LogP contribution in [0.5, 0.6) is 0 Å². The highest BCUT2D eigenvalue weighted by molar-refractivity contribution is 7.89. The maximum atomic E-state index is 11.4. The first-order valence-corrected chi connectivity index (χ1v) is 9.13. The summed E-state index contributed by atoms with van der Waals surface area (Å²) in [6, 6.07) is 7.18. The molecular weight excluding hydrogens is 306 g/mol. The maximum Gasteiger partial charge on any atom is 0.240 e. The summed E-state index contributed by atoms with van der Waals surface area (Å²) in [5.41, 5.74) is 8.10. The Morgan fingerprint density at radius 1 is 1.29 bits per heavy atom. The van der Waals surface area contributed by atoms with Gasteiger partial charge in [0.15, 0.2) is 0 Å². The topological polar surface area (TPSA) is 98.2 Å². The van der Waals surface area contributed by atoms with Crippen LogP contribution in [0.1, 0.15) is 29.3 Å². The highest BCUT2D eigenvalue weighted by Gasteiger charge is 2.21. The highest BCUT2D eigenvalue weighted by Crippen LogP contribution is 2.36. The van der Waals surface area contributed by atoms with E-state index in [0.29, 0.717) is 0 Å². The van der Waals surface area contributed by atoms with Gasteiger partial charge in [-0.05, 0) is 54.5 Å². The number of aryl methyl sites for hydroxylation is 1. The standard InChI is InChI=1S/C14H17N3O2S2/c15-11-8-9(4-5-14(11)21(16,18)19)17-12-2-1-3-13-10(12)6-7-20-13/h4-8,12,17H,1-3,15H2,(H2,16,18,19). The van der Waals surface area contributed by atoms with Crippen molar-refractivity contribution in [3.63, 3.8) is 0 Å². The molecule has 1 aromatic heterocycles. The van der Waals surface area contributed by atoms with Gasteiger partial charge in [0.1, 0.15) is 4.90 Å². The normalized spacial score (nSPS) is 18.2. The van der Waals surface area contributed by atoms with Gasteiger partial charge in [0.2, 0.25) is 10.0 Å². The Hall–Kier alpha value is -1.57. The van der Waals surface area contributed by atoms with Crippen LogP contribution in [-0.4, -0.2) is 8.42 Å². The van der Waals surface area contributed by atoms with Crippen LogP contribution in [-0.2, 0) is 16.4 Å². The van der Waals surface area contributed by atoms with Crippen molar-refractivity contribution >= 4 is 32.7 Å². The minimum absolute atomic E-state index is 0.0343. The molecule has 1 atom stereocenters. The summed E-state index contributed by atoms with van der Waals surface area (Å²) in [7, 11) is -3.77. The minimum Gasteiger partial charge on any atom is -0.398 e. The molecule has 21 heavy (non-hydrogen) atoms. The molecule has 112 valence electrons. The number of nitrogens with two attached hydrogens (primary N) is 2. The van der Waals surface area contributed by atoms with E-state index in [1.165, 1.54) is 16.5 Å². The van der Waals surface area contributed by atoms with Crippen LogP contribution in [0.4, 0.5) is 11.4 Å². The van der Waals surface area contributed by atoms with Crippen LogP contribution in [0.15, 0.2) is 34.5 Å². The molecule has 0 aliphatic heterocycles. The van der Waals surface area contributed by atoms with E-state index in [-0.39, 0.29) is 16.6 Å². The van der Waals surface area contributed by atoms with Crippen molar-refractivity contribution in [2.45, 2.75) is 30.2 Å². The van der Waals surface area contributed by atoms with Crippen molar-refractivity contribution in [1.82, 2.24) is 0 Å². The van der Waals surface area contributed by atoms with Gasteiger partial charge in [-0.2, -0.15) is 0 Å². The molecule has 1 aliphatic carbocycles. The summed E-state index contributed by atoms with van der Waals surface area (Å²) in [4.78, 5) is 1.39. The molecule has 5 N–H and O–H groups in total. The Morgan fingerprint density at radius 3 is 2.81 bits per heavy atom. The molecule has 0 fully saturated rings. The predicted octanol–water partition coefficient (Wildman–Crippen LogP) is 2.47. The lowest BCUT2D eigenvalue weighted by molar-refractivity contribution is 0.598. The molecule has 0 saturated carbocycles. The summed E-state index contributed by atoms with van der Waals surface area (Å²) in [5.74, 6) is 0. The Bertz CT molecular complexity index is 768. The number of nitrogens with one attached hydrogen (secondary N) is 1. The van der Waals surface area contributed by atoms with E-state index >= 15 is 0 Å². The van der Waals surface area contributed by atoms with E-state index in [9.17, 15) is 8.42 Å². The van der Waals surface area contributed by atoms with Gasteiger partial charge in [-0.15, -0.1) is 11.3 Å². The number of thiophene rings is 1. The number of hydrogen-bond donors (Lipinski definition) is 3. The predicted molar refractivity (Wildman–Crippen MR) is 85.8 cm³/mol. The van der Waals surface area contributed by atoms with Crippen LogP contribution < -0.4 is 16.2 Å². The summed E-state index contributed by atoms with van der Waals surface area (Å²) in [6.45, 7) is 0. The molecule has 0 saturated heterocycles. The average molecular weight is 323 g/mol. The Morgan fingerprint density at radius 2 is 2.10 bits per heavy atom. The van der Waals surface area contributed by atoms with E-state index in [4.69, 9.17) is 10.9 Å². The van der Waals surface area contributed by atoms with Crippen LogP contribution in [0.3, 0.4) is 0 Å². The summed E-state index contributed by atoms with van der Waals surface area (Å²) < 4.78 is 22.7. The van der Waals surface area contributed by atoms with Gasteiger partial charge in [-0.3, -0.25) is 0 Å². The SMILES string of the molecule is Nc1cc(NC2CCCc3sccc32)ccc1S(N)(=O)=O. The molecule has 1 unspecified atom stereocenters. The largest absolute Gasteiger partial charge is 0.398 e. The van der Waals surface area contributed by atoms with Crippen molar-refractivity contribution in [3.05, 3.63) is 40.1 Å². The van der Waals surface area contributed by atoms with Crippen LogP contribution in [0.2, 0.25) is 0 Å². The zero-order chi connectivity index (χ0) is 15.0. The molecule has 3 rings (SSSR count). The van der Waals surface area contributed by atoms with Gasteiger partial charge in [-0.1, -0.05) is 0 Å². The van der Waals surface area contributed by atoms with E-state index < -0.39 is 10.0 Å². The monoisotopic (exact) mass is 323 g/mol. The third-order valence-corrected chi connectivity index (χ3v) is 5.69. The molecule has 5 nitrogen and oxygen atoms in total. The lowest BCUT2D eigenvalue weighted by Crippen LogP contribution is -2.17. The van der Waals surface area contributed by atoms with Crippen LogP contribution >= 0.6 is 11.3 Å². The van der Waals surface area contributed by atoms with Crippen molar-refractivity contribution in [2.75, 3.05) is 11.1 Å². The number of fused-ring (bicyclic) bond motifs is 1. The summed E-state index contributed by atoms with van der Waals surface area (Å²) in [5, 5.41) is 10.7. The number of hydrogen-bond acceptors (Lipinski definition) is 5. The van der Waals surface area contributed by atoms with Gasteiger partial charge in [0, 0.05) is 10.6 Å². The molecule has 7 heteroatoms. The highest BCUT2D eigenvalue weighted by atomic mass is 32.2. The second kappa shape index (κ2) is 5.32. The Balaban J connectivity index is 1.86. The van der Waals surface area contributed by atoms with Crippen molar-refractivity contribution in [3.8, 4) is 0 Å². The maximum absolute atomic E-state index is 11.4. The molecule has 1 heterocycles. The van der Waals surface area contributed by atoms with E-state index in [2.05, 4.69) is 16.8 Å². The smallest absolute Gasteiger partial charge is 0.240 e.